The second-order valence-electron chi connectivity index (χ2n) is 4.24. The summed E-state index contributed by atoms with van der Waals surface area (Å²) in [6.07, 6.45) is 0.672. The van der Waals surface area contributed by atoms with Crippen LogP contribution in [-0.4, -0.2) is 24.0 Å². The Balaban J connectivity index is 2.31. The Morgan fingerprint density at radius 3 is 2.94 bits per heavy atom. The number of carboxylic acid groups (broad SMARTS) is 1. The summed E-state index contributed by atoms with van der Waals surface area (Å²) in [6, 6.07) is 5.58. The number of fused-ring (bicyclic) bond motifs is 1. The molecule has 17 heavy (non-hydrogen) atoms. The van der Waals surface area contributed by atoms with Crippen molar-refractivity contribution in [1.82, 2.24) is 0 Å². The fourth-order valence-electron chi connectivity index (χ4n) is 2.29. The molecule has 90 valence electrons. The van der Waals surface area contributed by atoms with Crippen molar-refractivity contribution in [3.05, 3.63) is 29.3 Å². The maximum atomic E-state index is 11.8. The van der Waals surface area contributed by atoms with Crippen molar-refractivity contribution in [1.29, 1.82) is 0 Å². The lowest BCUT2D eigenvalue weighted by atomic mass is 9.81. The van der Waals surface area contributed by atoms with Gasteiger partial charge in [-0.1, -0.05) is 12.1 Å². The molecule has 0 spiro atoms. The molecule has 0 bridgehead atoms. The predicted molar refractivity (Wildman–Crippen MR) is 61.2 cm³/mol. The van der Waals surface area contributed by atoms with E-state index < -0.39 is 11.9 Å². The Hall–Kier alpha value is -1.84. The lowest BCUT2D eigenvalue weighted by Gasteiger charge is -2.23. The maximum absolute atomic E-state index is 11.8. The molecular formula is C13H14O4. The molecule has 1 unspecified atom stereocenters. The van der Waals surface area contributed by atoms with Gasteiger partial charge in [0.15, 0.2) is 0 Å². The lowest BCUT2D eigenvalue weighted by Crippen LogP contribution is -2.27. The molecule has 0 saturated heterocycles. The molecule has 0 saturated carbocycles. The van der Waals surface area contributed by atoms with E-state index in [0.717, 1.165) is 16.9 Å². The molecule has 0 radical (unpaired) electrons. The number of carboxylic acids is 1. The second-order valence-corrected chi connectivity index (χ2v) is 4.24. The zero-order chi connectivity index (χ0) is 12.4. The van der Waals surface area contributed by atoms with E-state index in [0.29, 0.717) is 12.8 Å². The second kappa shape index (κ2) is 4.57. The van der Waals surface area contributed by atoms with E-state index in [1.54, 1.807) is 7.11 Å². The smallest absolute Gasteiger partial charge is 0.304 e. The van der Waals surface area contributed by atoms with Crippen LogP contribution >= 0.6 is 0 Å². The molecule has 1 atom stereocenters. The van der Waals surface area contributed by atoms with Crippen molar-refractivity contribution in [3.63, 3.8) is 0 Å². The van der Waals surface area contributed by atoms with Crippen molar-refractivity contribution in [3.8, 4) is 5.75 Å². The van der Waals surface area contributed by atoms with Crippen molar-refractivity contribution < 1.29 is 19.4 Å². The molecule has 4 nitrogen and oxygen atoms in total. The highest BCUT2D eigenvalue weighted by molar-refractivity contribution is 5.89. The van der Waals surface area contributed by atoms with Crippen LogP contribution < -0.4 is 4.74 Å². The van der Waals surface area contributed by atoms with Gasteiger partial charge in [0.05, 0.1) is 13.5 Å². The molecule has 0 amide bonds. The number of methoxy groups -OCH3 is 1. The van der Waals surface area contributed by atoms with Crippen molar-refractivity contribution in [2.75, 3.05) is 7.11 Å². The number of Topliss-reactive ketones (excluding diaryl/α,β-unsaturated/α-hetero) is 1. The topological polar surface area (TPSA) is 63.6 Å². The van der Waals surface area contributed by atoms with Crippen LogP contribution in [0.15, 0.2) is 18.2 Å². The predicted octanol–water partition coefficient (Wildman–Crippen LogP) is 1.45. The quantitative estimate of drug-likeness (QED) is 0.859. The summed E-state index contributed by atoms with van der Waals surface area (Å²) in [4.78, 5) is 22.5. The average Bonchev–Trinajstić information content (AvgIpc) is 2.28. The summed E-state index contributed by atoms with van der Waals surface area (Å²) in [5.74, 6) is -0.600. The van der Waals surface area contributed by atoms with Crippen LogP contribution in [0.2, 0.25) is 0 Å². The van der Waals surface area contributed by atoms with Gasteiger partial charge in [0.2, 0.25) is 0 Å². The molecule has 0 fully saturated rings. The van der Waals surface area contributed by atoms with Gasteiger partial charge in [-0.05, 0) is 23.6 Å². The number of hydrogen-bond acceptors (Lipinski definition) is 3. The van der Waals surface area contributed by atoms with Crippen molar-refractivity contribution in [2.24, 2.45) is 5.92 Å². The van der Waals surface area contributed by atoms with Crippen molar-refractivity contribution in [2.45, 2.75) is 19.3 Å². The summed E-state index contributed by atoms with van der Waals surface area (Å²) >= 11 is 0. The fourth-order valence-corrected chi connectivity index (χ4v) is 2.29. The minimum Gasteiger partial charge on any atom is -0.496 e. The SMILES string of the molecule is COc1cccc2c1CC(CC(=O)O)C(=O)C2. The molecule has 0 aromatic heterocycles. The first-order valence-electron chi connectivity index (χ1n) is 5.51. The number of aliphatic carboxylic acids is 1. The van der Waals surface area contributed by atoms with Crippen LogP contribution in [0.3, 0.4) is 0 Å². The molecule has 1 aliphatic carbocycles. The first-order chi connectivity index (χ1) is 8.11. The highest BCUT2D eigenvalue weighted by atomic mass is 16.5. The number of ether oxygens (including phenoxy) is 1. The van der Waals surface area contributed by atoms with E-state index >= 15 is 0 Å². The maximum Gasteiger partial charge on any atom is 0.304 e. The van der Waals surface area contributed by atoms with Crippen LogP contribution in [0.25, 0.3) is 0 Å². The van der Waals surface area contributed by atoms with E-state index in [9.17, 15) is 9.59 Å². The van der Waals surface area contributed by atoms with Gasteiger partial charge in [-0.15, -0.1) is 0 Å². The zero-order valence-electron chi connectivity index (χ0n) is 9.60. The lowest BCUT2D eigenvalue weighted by molar-refractivity contribution is -0.140. The number of carbonyl (C=O) groups is 2. The Bertz CT molecular complexity index is 464. The number of ketones is 1. The first kappa shape index (κ1) is 11.6. The monoisotopic (exact) mass is 234 g/mol. The van der Waals surface area contributed by atoms with Crippen LogP contribution in [-0.2, 0) is 22.4 Å². The van der Waals surface area contributed by atoms with E-state index in [1.165, 1.54) is 0 Å². The van der Waals surface area contributed by atoms with Gasteiger partial charge in [0, 0.05) is 12.3 Å². The largest absolute Gasteiger partial charge is 0.496 e. The summed E-state index contributed by atoms with van der Waals surface area (Å²) < 4.78 is 5.24. The summed E-state index contributed by atoms with van der Waals surface area (Å²) in [5.41, 5.74) is 1.93. The Morgan fingerprint density at radius 2 is 2.29 bits per heavy atom. The van der Waals surface area contributed by atoms with Gasteiger partial charge in [-0.3, -0.25) is 9.59 Å². The Morgan fingerprint density at radius 1 is 1.53 bits per heavy atom. The van der Waals surface area contributed by atoms with Crippen LogP contribution in [0.4, 0.5) is 0 Å². The van der Waals surface area contributed by atoms with E-state index in [2.05, 4.69) is 0 Å². The highest BCUT2D eigenvalue weighted by Gasteiger charge is 2.29. The molecule has 1 aromatic rings. The fraction of sp³-hybridized carbons (Fsp3) is 0.385. The summed E-state index contributed by atoms with van der Waals surface area (Å²) in [5, 5.41) is 8.77. The molecule has 0 aliphatic heterocycles. The van der Waals surface area contributed by atoms with Gasteiger partial charge < -0.3 is 9.84 Å². The van der Waals surface area contributed by atoms with Crippen LogP contribution in [0.1, 0.15) is 17.5 Å². The van der Waals surface area contributed by atoms with Gasteiger partial charge >= 0.3 is 5.97 Å². The molecule has 1 N–H and O–H groups in total. The third-order valence-corrected chi connectivity index (χ3v) is 3.14. The molecule has 1 aliphatic rings. The van der Waals surface area contributed by atoms with E-state index in [1.807, 2.05) is 18.2 Å². The van der Waals surface area contributed by atoms with Crippen LogP contribution in [0, 0.1) is 5.92 Å². The Kier molecular flexibility index (Phi) is 3.13. The van der Waals surface area contributed by atoms with Gasteiger partial charge in [-0.25, -0.2) is 0 Å². The van der Waals surface area contributed by atoms with Crippen LogP contribution in [0.5, 0.6) is 5.75 Å². The number of rotatable bonds is 3. The van der Waals surface area contributed by atoms with Gasteiger partial charge in [0.1, 0.15) is 11.5 Å². The van der Waals surface area contributed by atoms with Gasteiger partial charge in [0.25, 0.3) is 0 Å². The zero-order valence-corrected chi connectivity index (χ0v) is 9.60. The molecule has 4 heteroatoms. The van der Waals surface area contributed by atoms with E-state index in [4.69, 9.17) is 9.84 Å². The summed E-state index contributed by atoms with van der Waals surface area (Å²) in [6.45, 7) is 0. The number of carbonyl (C=O) groups excluding carboxylic acids is 1. The normalized spacial score (nSPS) is 18.6. The third kappa shape index (κ3) is 2.30. The molecule has 1 aromatic carbocycles. The van der Waals surface area contributed by atoms with Crippen molar-refractivity contribution >= 4 is 11.8 Å². The third-order valence-electron chi connectivity index (χ3n) is 3.14. The summed E-state index contributed by atoms with van der Waals surface area (Å²) in [7, 11) is 1.58. The Labute approximate surface area is 99.2 Å². The van der Waals surface area contributed by atoms with Gasteiger partial charge in [-0.2, -0.15) is 0 Å². The minimum atomic E-state index is -0.929. The highest BCUT2D eigenvalue weighted by Crippen LogP contribution is 2.31. The number of hydrogen-bond donors (Lipinski definition) is 1. The minimum absolute atomic E-state index is 0.00755. The molecule has 0 heterocycles. The number of benzene rings is 1. The molecular weight excluding hydrogens is 220 g/mol. The molecule has 2 rings (SSSR count). The standard InChI is InChI=1S/C13H14O4/c1-17-12-4-2-3-8-6-11(14)9(5-10(8)12)7-13(15)16/h2-4,9H,5-7H2,1H3,(H,15,16). The average molecular weight is 234 g/mol. The first-order valence-corrected chi connectivity index (χ1v) is 5.51. The van der Waals surface area contributed by atoms with E-state index in [-0.39, 0.29) is 12.2 Å².